The molecule has 0 unspecified atom stereocenters. The third-order valence-corrected chi connectivity index (χ3v) is 4.33. The van der Waals surface area contributed by atoms with E-state index in [0.717, 1.165) is 28.6 Å². The topological polar surface area (TPSA) is 28.7 Å². The predicted octanol–water partition coefficient (Wildman–Crippen LogP) is 4.59. The molecule has 1 fully saturated rings. The summed E-state index contributed by atoms with van der Waals surface area (Å²) in [5.41, 5.74) is 1.80. The maximum absolute atomic E-state index is 13.2. The van der Waals surface area contributed by atoms with Crippen LogP contribution in [-0.4, -0.2) is 9.97 Å². The molecule has 18 heavy (non-hydrogen) atoms. The van der Waals surface area contributed by atoms with Crippen molar-refractivity contribution in [3.63, 3.8) is 0 Å². The molecule has 1 aromatic carbocycles. The molecule has 3 rings (SSSR count). The monoisotopic (exact) mass is 324 g/mol. The van der Waals surface area contributed by atoms with Gasteiger partial charge in [0.05, 0.1) is 4.47 Å². The number of aromatic nitrogens is 2. The highest BCUT2D eigenvalue weighted by molar-refractivity contribution is 9.10. The van der Waals surface area contributed by atoms with E-state index >= 15 is 0 Å². The van der Waals surface area contributed by atoms with Crippen molar-refractivity contribution < 1.29 is 4.39 Å². The number of aromatic amines is 1. The number of benzene rings is 1. The highest BCUT2D eigenvalue weighted by atomic mass is 79.9. The zero-order valence-corrected chi connectivity index (χ0v) is 11.8. The molecule has 0 aliphatic heterocycles. The molecule has 0 spiro atoms. The van der Waals surface area contributed by atoms with Gasteiger partial charge in [-0.25, -0.2) is 9.37 Å². The smallest absolute Gasteiger partial charge is 0.144 e. The minimum atomic E-state index is -0.274. The summed E-state index contributed by atoms with van der Waals surface area (Å²) in [6.45, 7) is 0. The van der Waals surface area contributed by atoms with Crippen LogP contribution in [0.15, 0.2) is 28.7 Å². The van der Waals surface area contributed by atoms with Gasteiger partial charge in [-0.1, -0.05) is 24.4 Å². The zero-order valence-electron chi connectivity index (χ0n) is 9.41. The third-order valence-electron chi connectivity index (χ3n) is 2.97. The molecule has 0 amide bonds. The molecular formula is C13H10BrFN2S. The molecule has 1 N–H and O–H groups in total. The first-order valence-corrected chi connectivity index (χ1v) is 6.91. The maximum atomic E-state index is 13.2. The minimum absolute atomic E-state index is 0.274. The molecule has 2 nitrogen and oxygen atoms in total. The van der Waals surface area contributed by atoms with Crippen molar-refractivity contribution in [1.82, 2.24) is 9.97 Å². The van der Waals surface area contributed by atoms with E-state index in [4.69, 9.17) is 12.2 Å². The fourth-order valence-corrected chi connectivity index (χ4v) is 2.61. The molecule has 92 valence electrons. The molecule has 1 aliphatic carbocycles. The number of nitrogens with zero attached hydrogens (tertiary/aromatic N) is 1. The predicted molar refractivity (Wildman–Crippen MR) is 74.5 cm³/mol. The van der Waals surface area contributed by atoms with Gasteiger partial charge in [0.15, 0.2) is 0 Å². The van der Waals surface area contributed by atoms with Crippen molar-refractivity contribution in [2.75, 3.05) is 0 Å². The molecule has 0 bridgehead atoms. The second-order valence-electron chi connectivity index (χ2n) is 4.40. The molecule has 5 heteroatoms. The van der Waals surface area contributed by atoms with Crippen LogP contribution in [0.25, 0.3) is 11.4 Å². The molecule has 1 aliphatic rings. The average Bonchev–Trinajstić information content (AvgIpc) is 3.16. The van der Waals surface area contributed by atoms with E-state index in [9.17, 15) is 4.39 Å². The number of hydrogen-bond donors (Lipinski definition) is 1. The first kappa shape index (κ1) is 12.0. The fraction of sp³-hybridized carbons (Fsp3) is 0.231. The lowest BCUT2D eigenvalue weighted by Gasteiger charge is -2.07. The summed E-state index contributed by atoms with van der Waals surface area (Å²) in [7, 11) is 0. The van der Waals surface area contributed by atoms with Crippen LogP contribution in [0.1, 0.15) is 24.5 Å². The van der Waals surface area contributed by atoms with E-state index in [1.165, 1.54) is 12.1 Å². The van der Waals surface area contributed by atoms with Gasteiger partial charge in [-0.15, -0.1) is 0 Å². The Balaban J connectivity index is 2.15. The quantitative estimate of drug-likeness (QED) is 0.819. The third kappa shape index (κ3) is 2.24. The second-order valence-corrected chi connectivity index (χ2v) is 5.58. The standard InChI is InChI=1S/C13H10BrFN2S/c14-10-11(7-4-5-7)16-12(17-13(10)18)8-2-1-3-9(15)6-8/h1-3,6-7H,4-5H2,(H,16,17,18). The molecule has 1 saturated carbocycles. The van der Waals surface area contributed by atoms with Crippen molar-refractivity contribution >= 4 is 28.1 Å². The summed E-state index contributed by atoms with van der Waals surface area (Å²) >= 11 is 8.71. The minimum Gasteiger partial charge on any atom is -0.342 e. The van der Waals surface area contributed by atoms with Crippen molar-refractivity contribution in [2.24, 2.45) is 0 Å². The lowest BCUT2D eigenvalue weighted by molar-refractivity contribution is 0.628. The Bertz CT molecular complexity index is 664. The number of halogens is 2. The van der Waals surface area contributed by atoms with E-state index in [1.54, 1.807) is 6.07 Å². The van der Waals surface area contributed by atoms with Crippen LogP contribution in [0.5, 0.6) is 0 Å². The lowest BCUT2D eigenvalue weighted by Crippen LogP contribution is -1.97. The number of rotatable bonds is 2. The van der Waals surface area contributed by atoms with Gasteiger partial charge >= 0.3 is 0 Å². The molecule has 1 aromatic heterocycles. The Morgan fingerprint density at radius 2 is 2.17 bits per heavy atom. The van der Waals surface area contributed by atoms with Crippen LogP contribution in [0, 0.1) is 10.5 Å². The van der Waals surface area contributed by atoms with Gasteiger partial charge in [0.2, 0.25) is 0 Å². The summed E-state index contributed by atoms with van der Waals surface area (Å²) in [5.74, 6) is 0.880. The summed E-state index contributed by atoms with van der Waals surface area (Å²) in [4.78, 5) is 7.57. The highest BCUT2D eigenvalue weighted by Gasteiger charge is 2.27. The van der Waals surface area contributed by atoms with Crippen molar-refractivity contribution in [3.05, 3.63) is 44.9 Å². The summed E-state index contributed by atoms with van der Waals surface area (Å²) in [5, 5.41) is 0. The van der Waals surface area contributed by atoms with Crippen LogP contribution in [-0.2, 0) is 0 Å². The lowest BCUT2D eigenvalue weighted by atomic mass is 10.2. The van der Waals surface area contributed by atoms with Crippen LogP contribution in [0.3, 0.4) is 0 Å². The fourth-order valence-electron chi connectivity index (χ4n) is 1.90. The summed E-state index contributed by atoms with van der Waals surface area (Å²) < 4.78 is 14.6. The second kappa shape index (κ2) is 4.55. The number of nitrogens with one attached hydrogen (secondary N) is 1. The first-order valence-electron chi connectivity index (χ1n) is 5.71. The van der Waals surface area contributed by atoms with E-state index in [-0.39, 0.29) is 5.82 Å². The van der Waals surface area contributed by atoms with Gasteiger partial charge in [-0.05, 0) is 40.9 Å². The number of H-pyrrole nitrogens is 1. The average molecular weight is 325 g/mol. The molecule has 0 radical (unpaired) electrons. The molecule has 1 heterocycles. The van der Waals surface area contributed by atoms with Crippen LogP contribution >= 0.6 is 28.1 Å². The highest BCUT2D eigenvalue weighted by Crippen LogP contribution is 2.42. The maximum Gasteiger partial charge on any atom is 0.144 e. The van der Waals surface area contributed by atoms with E-state index in [1.807, 2.05) is 6.07 Å². The van der Waals surface area contributed by atoms with Crippen LogP contribution in [0.2, 0.25) is 0 Å². The Kier molecular flexibility index (Phi) is 3.03. The molecular weight excluding hydrogens is 315 g/mol. The van der Waals surface area contributed by atoms with Gasteiger partial charge in [-0.3, -0.25) is 0 Å². The largest absolute Gasteiger partial charge is 0.342 e. The van der Waals surface area contributed by atoms with Gasteiger partial charge in [0.25, 0.3) is 0 Å². The van der Waals surface area contributed by atoms with Gasteiger partial charge in [0.1, 0.15) is 16.3 Å². The van der Waals surface area contributed by atoms with Gasteiger partial charge in [-0.2, -0.15) is 0 Å². The van der Waals surface area contributed by atoms with E-state index in [0.29, 0.717) is 16.4 Å². The summed E-state index contributed by atoms with van der Waals surface area (Å²) in [6, 6.07) is 6.36. The molecule has 0 atom stereocenters. The molecule has 0 saturated heterocycles. The van der Waals surface area contributed by atoms with Gasteiger partial charge < -0.3 is 4.98 Å². The molecule has 2 aromatic rings. The van der Waals surface area contributed by atoms with E-state index < -0.39 is 0 Å². The Labute approximate surface area is 117 Å². The Morgan fingerprint density at radius 1 is 1.39 bits per heavy atom. The Hall–Kier alpha value is -1.07. The first-order chi connectivity index (χ1) is 8.65. The van der Waals surface area contributed by atoms with Crippen LogP contribution < -0.4 is 0 Å². The van der Waals surface area contributed by atoms with Crippen molar-refractivity contribution in [3.8, 4) is 11.4 Å². The zero-order chi connectivity index (χ0) is 12.7. The van der Waals surface area contributed by atoms with E-state index in [2.05, 4.69) is 25.9 Å². The van der Waals surface area contributed by atoms with Crippen molar-refractivity contribution in [2.45, 2.75) is 18.8 Å². The van der Waals surface area contributed by atoms with Crippen LogP contribution in [0.4, 0.5) is 4.39 Å². The number of hydrogen-bond acceptors (Lipinski definition) is 2. The summed E-state index contributed by atoms with van der Waals surface area (Å²) in [6.07, 6.45) is 2.33. The normalized spacial score (nSPS) is 14.8. The van der Waals surface area contributed by atoms with Crippen molar-refractivity contribution in [1.29, 1.82) is 0 Å². The van der Waals surface area contributed by atoms with Gasteiger partial charge in [0, 0.05) is 17.2 Å². The SMILES string of the molecule is Fc1cccc(-c2nc(=S)c(Br)c(C3CC3)[nH]2)c1. The Morgan fingerprint density at radius 3 is 2.83 bits per heavy atom.